The van der Waals surface area contributed by atoms with Gasteiger partial charge in [0.25, 0.3) is 0 Å². The topological polar surface area (TPSA) is 0 Å². The van der Waals surface area contributed by atoms with E-state index in [1.165, 1.54) is 27.1 Å². The maximum absolute atomic E-state index is 2.20. The van der Waals surface area contributed by atoms with Crippen molar-refractivity contribution >= 4 is 21.5 Å². The van der Waals surface area contributed by atoms with E-state index in [2.05, 4.69) is 55.5 Å². The third-order valence-electron chi connectivity index (χ3n) is 2.95. The Labute approximate surface area is 115 Å². The summed E-state index contributed by atoms with van der Waals surface area (Å²) in [7, 11) is 0. The Bertz CT molecular complexity index is 552. The summed E-state index contributed by atoms with van der Waals surface area (Å²) < 4.78 is 0. The van der Waals surface area contributed by atoms with E-state index in [-0.39, 0.29) is 32.7 Å². The zero-order valence-electron chi connectivity index (χ0n) is 8.70. The van der Waals surface area contributed by atoms with Gasteiger partial charge in [-0.25, -0.2) is 0 Å². The average molecular weight is 268 g/mol. The summed E-state index contributed by atoms with van der Waals surface area (Å²) in [6.07, 6.45) is 0. The molecule has 0 fully saturated rings. The summed E-state index contributed by atoms with van der Waals surface area (Å²) >= 11 is 0. The zero-order valence-corrected chi connectivity index (χ0v) is 11.5. The molecule has 3 aromatic rings. The number of benzene rings is 2. The Morgan fingerprint density at radius 1 is 0.733 bits per heavy atom. The summed E-state index contributed by atoms with van der Waals surface area (Å²) in [6, 6.07) is 17.2. The molecule has 0 bridgehead atoms. The van der Waals surface area contributed by atoms with Crippen LogP contribution in [0.3, 0.4) is 0 Å². The van der Waals surface area contributed by atoms with Gasteiger partial charge in [-0.1, -0.05) is 43.3 Å². The van der Waals surface area contributed by atoms with Gasteiger partial charge < -0.3 is 0 Å². The summed E-state index contributed by atoms with van der Waals surface area (Å²) in [4.78, 5) is 0. The Morgan fingerprint density at radius 2 is 1.13 bits per heavy atom. The number of hydrogen-bond donors (Lipinski definition) is 0. The van der Waals surface area contributed by atoms with Crippen molar-refractivity contribution in [3.05, 3.63) is 54.1 Å². The van der Waals surface area contributed by atoms with E-state index in [4.69, 9.17) is 0 Å². The second kappa shape index (κ2) is 4.11. The molecule has 0 saturated heterocycles. The summed E-state index contributed by atoms with van der Waals surface area (Å²) in [5.41, 5.74) is 1.40. The molecule has 0 heterocycles. The molecule has 0 aliphatic rings. The first-order chi connectivity index (χ1) is 6.88. The first-order valence-corrected chi connectivity index (χ1v) is 4.90. The van der Waals surface area contributed by atoms with Gasteiger partial charge in [-0.3, -0.25) is 0 Å². The van der Waals surface area contributed by atoms with Gasteiger partial charge >= 0.3 is 0 Å². The fraction of sp³-hybridized carbons (Fsp3) is 0.0714. The summed E-state index contributed by atoms with van der Waals surface area (Å²) in [6.45, 7) is 2.20. The van der Waals surface area contributed by atoms with Crippen LogP contribution in [0.5, 0.6) is 0 Å². The third kappa shape index (κ3) is 1.57. The fourth-order valence-corrected chi connectivity index (χ4v) is 2.24. The molecule has 0 aliphatic heterocycles. The molecule has 0 aromatic heterocycles. The van der Waals surface area contributed by atoms with E-state index >= 15 is 0 Å². The van der Waals surface area contributed by atoms with Crippen LogP contribution < -0.4 is 0 Å². The van der Waals surface area contributed by atoms with Crippen molar-refractivity contribution in [2.45, 2.75) is 6.92 Å². The number of aryl methyl sites for hydroxylation is 1. The van der Waals surface area contributed by atoms with E-state index in [9.17, 15) is 0 Å². The second-order valence-corrected chi connectivity index (χ2v) is 3.72. The molecule has 0 N–H and O–H groups in total. The standard InChI is InChI=1S/C14H11.Y/c1-10-11-6-2-4-8-13(11)14-9-5-3-7-12(10)14;/h2-9H,1H3;/q-1;. The minimum atomic E-state index is 0. The van der Waals surface area contributed by atoms with Crippen molar-refractivity contribution in [1.29, 1.82) is 0 Å². The monoisotopic (exact) mass is 268 g/mol. The molecule has 1 heteroatoms. The Kier molecular flexibility index (Phi) is 2.99. The van der Waals surface area contributed by atoms with Gasteiger partial charge in [-0.2, -0.15) is 0 Å². The van der Waals surface area contributed by atoms with Crippen LogP contribution in [0.4, 0.5) is 0 Å². The van der Waals surface area contributed by atoms with E-state index in [1.807, 2.05) is 0 Å². The van der Waals surface area contributed by atoms with E-state index < -0.39 is 0 Å². The maximum atomic E-state index is 2.20. The van der Waals surface area contributed by atoms with Gasteiger partial charge in [0.1, 0.15) is 0 Å². The van der Waals surface area contributed by atoms with Crippen molar-refractivity contribution < 1.29 is 32.7 Å². The second-order valence-electron chi connectivity index (χ2n) is 3.72. The normalized spacial score (nSPS) is 10.5. The largest absolute Gasteiger partial charge is 0.120 e. The van der Waals surface area contributed by atoms with E-state index in [1.54, 1.807) is 0 Å². The van der Waals surface area contributed by atoms with Crippen LogP contribution in [-0.4, -0.2) is 0 Å². The molecule has 71 valence electrons. The summed E-state index contributed by atoms with van der Waals surface area (Å²) in [5.74, 6) is 0. The first-order valence-electron chi connectivity index (χ1n) is 4.90. The van der Waals surface area contributed by atoms with Crippen LogP contribution in [0.2, 0.25) is 0 Å². The van der Waals surface area contributed by atoms with Gasteiger partial charge in [-0.15, -0.1) is 39.2 Å². The fourth-order valence-electron chi connectivity index (χ4n) is 2.24. The van der Waals surface area contributed by atoms with Crippen LogP contribution in [-0.2, 0) is 32.7 Å². The van der Waals surface area contributed by atoms with Crippen molar-refractivity contribution in [2.24, 2.45) is 0 Å². The van der Waals surface area contributed by atoms with Crippen LogP contribution in [0, 0.1) is 6.92 Å². The molecule has 1 radical (unpaired) electrons. The SMILES string of the molecule is C[c-]1c2ccccc2c2ccccc21.[Y]. The third-order valence-corrected chi connectivity index (χ3v) is 2.95. The average Bonchev–Trinajstić information content (AvgIpc) is 2.55. The van der Waals surface area contributed by atoms with Gasteiger partial charge in [-0.05, 0) is 0 Å². The van der Waals surface area contributed by atoms with Crippen molar-refractivity contribution in [3.8, 4) is 0 Å². The van der Waals surface area contributed by atoms with Gasteiger partial charge in [0.2, 0.25) is 0 Å². The van der Waals surface area contributed by atoms with E-state index in [0.717, 1.165) is 0 Å². The minimum Gasteiger partial charge on any atom is -0.120 e. The Morgan fingerprint density at radius 3 is 1.60 bits per heavy atom. The van der Waals surface area contributed by atoms with Crippen molar-refractivity contribution in [2.75, 3.05) is 0 Å². The van der Waals surface area contributed by atoms with Crippen LogP contribution >= 0.6 is 0 Å². The molecular formula is C14H11Y-. The van der Waals surface area contributed by atoms with Crippen LogP contribution in [0.1, 0.15) is 5.56 Å². The molecule has 0 saturated carbocycles. The minimum absolute atomic E-state index is 0. The van der Waals surface area contributed by atoms with E-state index in [0.29, 0.717) is 0 Å². The molecule has 0 unspecified atom stereocenters. The molecule has 0 amide bonds. The predicted molar refractivity (Wildman–Crippen MR) is 61.8 cm³/mol. The van der Waals surface area contributed by atoms with Crippen molar-refractivity contribution in [3.63, 3.8) is 0 Å². The van der Waals surface area contributed by atoms with Crippen molar-refractivity contribution in [1.82, 2.24) is 0 Å². The number of rotatable bonds is 0. The molecule has 15 heavy (non-hydrogen) atoms. The van der Waals surface area contributed by atoms with Gasteiger partial charge in [0, 0.05) is 32.7 Å². The number of hydrogen-bond acceptors (Lipinski definition) is 0. The smallest absolute Gasteiger partial charge is 0 e. The van der Waals surface area contributed by atoms with Gasteiger partial charge in [0.15, 0.2) is 0 Å². The van der Waals surface area contributed by atoms with Crippen LogP contribution in [0.15, 0.2) is 48.5 Å². The predicted octanol–water partition coefficient (Wildman–Crippen LogP) is 4.02. The molecule has 3 rings (SSSR count). The molecule has 0 atom stereocenters. The molecule has 3 aromatic carbocycles. The van der Waals surface area contributed by atoms with Gasteiger partial charge in [0.05, 0.1) is 0 Å². The van der Waals surface area contributed by atoms with Crippen LogP contribution in [0.25, 0.3) is 21.5 Å². The molecule has 0 nitrogen and oxygen atoms in total. The maximum Gasteiger partial charge on any atom is 0 e. The number of fused-ring (bicyclic) bond motifs is 3. The molecular weight excluding hydrogens is 257 g/mol. The quantitative estimate of drug-likeness (QED) is 0.540. The molecule has 0 spiro atoms. The Hall–Kier alpha value is -0.586. The summed E-state index contributed by atoms with van der Waals surface area (Å²) in [5, 5.41) is 5.52. The Balaban J connectivity index is 0.000000853. The molecule has 0 aliphatic carbocycles. The zero-order chi connectivity index (χ0) is 9.54. The first kappa shape index (κ1) is 10.9.